The van der Waals surface area contributed by atoms with E-state index in [0.717, 1.165) is 26.0 Å². The van der Waals surface area contributed by atoms with Gasteiger partial charge in [-0.25, -0.2) is 18.0 Å². The highest BCUT2D eigenvalue weighted by Gasteiger charge is 2.36. The van der Waals surface area contributed by atoms with Gasteiger partial charge < -0.3 is 9.63 Å². The largest absolute Gasteiger partial charge is 0.477 e. The third-order valence-corrected chi connectivity index (χ3v) is 2.91. The van der Waals surface area contributed by atoms with Crippen molar-refractivity contribution in [3.05, 3.63) is 40.1 Å². The monoisotopic (exact) mass is 319 g/mol. The fraction of sp³-hybridized carbons (Fsp3) is 0.231. The molecule has 1 aromatic carbocycles. The molecule has 0 aliphatic heterocycles. The Labute approximate surface area is 122 Å². The maximum Gasteiger partial charge on any atom is 0.341 e. The van der Waals surface area contributed by atoms with Gasteiger partial charge in [-0.2, -0.15) is 0 Å². The van der Waals surface area contributed by atoms with Gasteiger partial charge in [-0.05, 0) is 26.0 Å². The summed E-state index contributed by atoms with van der Waals surface area (Å²) in [5.74, 6) is -4.49. The van der Waals surface area contributed by atoms with Crippen LogP contribution in [0.25, 0.3) is 11.3 Å². The summed E-state index contributed by atoms with van der Waals surface area (Å²) in [6, 6.07) is 1.58. The molecular formula is C13H9ClF3NO3. The van der Waals surface area contributed by atoms with E-state index in [-0.39, 0.29) is 5.02 Å². The van der Waals surface area contributed by atoms with Crippen molar-refractivity contribution in [2.45, 2.75) is 19.5 Å². The number of rotatable bonds is 3. The van der Waals surface area contributed by atoms with Crippen LogP contribution >= 0.6 is 11.6 Å². The minimum absolute atomic E-state index is 0.208. The van der Waals surface area contributed by atoms with Crippen LogP contribution in [0.2, 0.25) is 5.02 Å². The standard InChI is InChI=1S/C13H9ClF3NO3/c1-13(2,17)11-9(12(19)20)10(18-21-11)8-6(15)3-5(14)4-7(8)16/h3-4H,1-2H3,(H,19,20). The van der Waals surface area contributed by atoms with E-state index in [4.69, 9.17) is 16.7 Å². The molecule has 0 radical (unpaired) electrons. The minimum atomic E-state index is -2.18. The fourth-order valence-corrected chi connectivity index (χ4v) is 2.02. The van der Waals surface area contributed by atoms with Gasteiger partial charge in [0.25, 0.3) is 0 Å². The molecule has 2 aromatic rings. The lowest BCUT2D eigenvalue weighted by Gasteiger charge is -2.10. The van der Waals surface area contributed by atoms with Gasteiger partial charge in [0, 0.05) is 5.02 Å². The van der Waals surface area contributed by atoms with E-state index >= 15 is 0 Å². The molecular weight excluding hydrogens is 311 g/mol. The molecule has 1 aromatic heterocycles. The van der Waals surface area contributed by atoms with E-state index in [1.54, 1.807) is 0 Å². The van der Waals surface area contributed by atoms with Gasteiger partial charge in [-0.1, -0.05) is 16.8 Å². The van der Waals surface area contributed by atoms with Crippen LogP contribution in [0.1, 0.15) is 30.0 Å². The van der Waals surface area contributed by atoms with Gasteiger partial charge in [-0.3, -0.25) is 0 Å². The van der Waals surface area contributed by atoms with Crippen molar-refractivity contribution in [2.24, 2.45) is 0 Å². The third-order valence-electron chi connectivity index (χ3n) is 2.69. The van der Waals surface area contributed by atoms with Gasteiger partial charge in [0.05, 0.1) is 5.56 Å². The molecule has 0 saturated carbocycles. The molecule has 0 aliphatic rings. The predicted molar refractivity (Wildman–Crippen MR) is 68.0 cm³/mol. The van der Waals surface area contributed by atoms with Crippen LogP contribution in [-0.2, 0) is 5.67 Å². The lowest BCUT2D eigenvalue weighted by Crippen LogP contribution is -2.14. The Morgan fingerprint density at radius 1 is 1.33 bits per heavy atom. The first kappa shape index (κ1) is 15.4. The SMILES string of the molecule is CC(C)(F)c1onc(-c2c(F)cc(Cl)cc2F)c1C(=O)O. The number of aromatic carboxylic acids is 1. The third kappa shape index (κ3) is 2.73. The van der Waals surface area contributed by atoms with Crippen LogP contribution in [0.3, 0.4) is 0 Å². The lowest BCUT2D eigenvalue weighted by molar-refractivity contribution is 0.0683. The van der Waals surface area contributed by atoms with Crippen LogP contribution in [0.4, 0.5) is 13.2 Å². The number of halogens is 4. The molecule has 0 fully saturated rings. The highest BCUT2D eigenvalue weighted by atomic mass is 35.5. The van der Waals surface area contributed by atoms with Gasteiger partial charge in [-0.15, -0.1) is 0 Å². The van der Waals surface area contributed by atoms with Gasteiger partial charge in [0.1, 0.15) is 22.9 Å². The quantitative estimate of drug-likeness (QED) is 0.922. The fourth-order valence-electron chi connectivity index (χ4n) is 1.83. The Hall–Kier alpha value is -2.02. The molecule has 0 bridgehead atoms. The van der Waals surface area contributed by atoms with E-state index in [1.807, 2.05) is 0 Å². The summed E-state index contributed by atoms with van der Waals surface area (Å²) in [7, 11) is 0. The number of benzene rings is 1. The number of nitrogens with zero attached hydrogens (tertiary/aromatic N) is 1. The second kappa shape index (κ2) is 5.07. The topological polar surface area (TPSA) is 63.3 Å². The summed E-state index contributed by atoms with van der Waals surface area (Å²) in [6.45, 7) is 2.08. The number of carboxylic acid groups (broad SMARTS) is 1. The molecule has 21 heavy (non-hydrogen) atoms. The molecule has 2 rings (SSSR count). The van der Waals surface area contributed by atoms with Crippen molar-refractivity contribution >= 4 is 17.6 Å². The second-order valence-electron chi connectivity index (χ2n) is 4.76. The zero-order valence-corrected chi connectivity index (χ0v) is 11.6. The van der Waals surface area contributed by atoms with Crippen LogP contribution in [-0.4, -0.2) is 16.2 Å². The first-order valence-electron chi connectivity index (χ1n) is 5.70. The first-order valence-corrected chi connectivity index (χ1v) is 6.08. The zero-order valence-electron chi connectivity index (χ0n) is 10.9. The van der Waals surface area contributed by atoms with Crippen molar-refractivity contribution < 1.29 is 27.6 Å². The van der Waals surface area contributed by atoms with E-state index in [9.17, 15) is 18.0 Å². The Morgan fingerprint density at radius 2 is 1.86 bits per heavy atom. The van der Waals surface area contributed by atoms with Crippen molar-refractivity contribution in [1.82, 2.24) is 5.16 Å². The number of carbonyl (C=O) groups is 1. The van der Waals surface area contributed by atoms with E-state index in [2.05, 4.69) is 9.68 Å². The van der Waals surface area contributed by atoms with Gasteiger partial charge >= 0.3 is 5.97 Å². The van der Waals surface area contributed by atoms with Crippen LogP contribution < -0.4 is 0 Å². The maximum absolute atomic E-state index is 13.9. The summed E-state index contributed by atoms with van der Waals surface area (Å²) in [5.41, 5.74) is -4.29. The molecule has 0 atom stereocenters. The number of carboxylic acids is 1. The Bertz CT molecular complexity index is 699. The molecule has 0 amide bonds. The van der Waals surface area contributed by atoms with Crippen LogP contribution in [0.5, 0.6) is 0 Å². The average molecular weight is 320 g/mol. The Kier molecular flexibility index (Phi) is 3.71. The summed E-state index contributed by atoms with van der Waals surface area (Å²) in [5, 5.41) is 12.3. The second-order valence-corrected chi connectivity index (χ2v) is 5.19. The number of alkyl halides is 1. The first-order chi connectivity index (χ1) is 9.62. The van der Waals surface area contributed by atoms with Gasteiger partial charge in [0.2, 0.25) is 0 Å². The number of hydrogen-bond donors (Lipinski definition) is 1. The molecule has 1 N–H and O–H groups in total. The van der Waals surface area contributed by atoms with E-state index in [0.29, 0.717) is 0 Å². The van der Waals surface area contributed by atoms with Crippen LogP contribution in [0.15, 0.2) is 16.7 Å². The van der Waals surface area contributed by atoms with Crippen molar-refractivity contribution in [2.75, 3.05) is 0 Å². The smallest absolute Gasteiger partial charge is 0.341 e. The normalized spacial score (nSPS) is 11.7. The molecule has 0 spiro atoms. The Balaban J connectivity index is 2.78. The van der Waals surface area contributed by atoms with E-state index in [1.165, 1.54) is 0 Å². The van der Waals surface area contributed by atoms with Crippen molar-refractivity contribution in [3.63, 3.8) is 0 Å². The predicted octanol–water partition coefficient (Wildman–Crippen LogP) is 4.18. The molecule has 0 unspecified atom stereocenters. The van der Waals surface area contributed by atoms with Crippen molar-refractivity contribution in [1.29, 1.82) is 0 Å². The van der Waals surface area contributed by atoms with Gasteiger partial charge in [0.15, 0.2) is 11.4 Å². The maximum atomic E-state index is 13.9. The summed E-state index contributed by atoms with van der Waals surface area (Å²) < 4.78 is 46.3. The average Bonchev–Trinajstić information content (AvgIpc) is 2.71. The molecule has 1 heterocycles. The summed E-state index contributed by atoms with van der Waals surface area (Å²) >= 11 is 5.49. The summed E-state index contributed by atoms with van der Waals surface area (Å²) in [6.07, 6.45) is 0. The highest BCUT2D eigenvalue weighted by Crippen LogP contribution is 2.36. The number of hydrogen-bond acceptors (Lipinski definition) is 3. The molecule has 4 nitrogen and oxygen atoms in total. The highest BCUT2D eigenvalue weighted by molar-refractivity contribution is 6.30. The number of aromatic nitrogens is 1. The molecule has 0 aliphatic carbocycles. The molecule has 112 valence electrons. The lowest BCUT2D eigenvalue weighted by atomic mass is 9.98. The Morgan fingerprint density at radius 3 is 2.29 bits per heavy atom. The molecule has 8 heteroatoms. The molecule has 0 saturated heterocycles. The van der Waals surface area contributed by atoms with Crippen molar-refractivity contribution in [3.8, 4) is 11.3 Å². The minimum Gasteiger partial charge on any atom is -0.477 e. The summed E-state index contributed by atoms with van der Waals surface area (Å²) in [4.78, 5) is 11.3. The van der Waals surface area contributed by atoms with E-state index < -0.39 is 45.9 Å². The zero-order chi connectivity index (χ0) is 15.9. The van der Waals surface area contributed by atoms with Crippen LogP contribution in [0, 0.1) is 11.6 Å².